The molecule has 18 heavy (non-hydrogen) atoms. The molecule has 1 rings (SSSR count). The van der Waals surface area contributed by atoms with Crippen LogP contribution < -0.4 is 4.90 Å². The Bertz CT molecular complexity index is 372. The van der Waals surface area contributed by atoms with Gasteiger partial charge in [-0.3, -0.25) is 0 Å². The zero-order chi connectivity index (χ0) is 13.8. The molecule has 102 valence electrons. The molecule has 0 aliphatic heterocycles. The highest BCUT2D eigenvalue weighted by atomic mass is 79.9. The molecule has 1 aromatic heterocycles. The number of halogens is 4. The van der Waals surface area contributed by atoms with Gasteiger partial charge < -0.3 is 9.64 Å². The van der Waals surface area contributed by atoms with Gasteiger partial charge in [0, 0.05) is 20.7 Å². The van der Waals surface area contributed by atoms with Gasteiger partial charge in [0.05, 0.1) is 11.4 Å². The van der Waals surface area contributed by atoms with Crippen LogP contribution in [0.15, 0.2) is 12.1 Å². The van der Waals surface area contributed by atoms with Crippen molar-refractivity contribution in [2.75, 3.05) is 32.2 Å². The topological polar surface area (TPSA) is 38.2 Å². The second kappa shape index (κ2) is 6.33. The summed E-state index contributed by atoms with van der Waals surface area (Å²) in [4.78, 5) is 1.77. The minimum absolute atomic E-state index is 0.0663. The molecule has 1 atom stereocenters. The molecule has 1 aromatic rings. The third kappa shape index (κ3) is 4.41. The highest BCUT2D eigenvalue weighted by Gasteiger charge is 2.33. The van der Waals surface area contributed by atoms with Crippen molar-refractivity contribution in [2.24, 2.45) is 0 Å². The van der Waals surface area contributed by atoms with Crippen LogP contribution >= 0.6 is 15.9 Å². The second-order valence-corrected chi connectivity index (χ2v) is 5.00. The molecule has 0 aliphatic rings. The molecule has 1 unspecified atom stereocenters. The molecule has 0 bridgehead atoms. The smallest absolute Gasteiger partial charge is 0.383 e. The van der Waals surface area contributed by atoms with Crippen LogP contribution in [0.5, 0.6) is 0 Å². The predicted octanol–water partition coefficient (Wildman–Crippen LogP) is 2.34. The molecular formula is C10H13BrF3N3O. The van der Waals surface area contributed by atoms with Crippen LogP contribution in [0.25, 0.3) is 0 Å². The third-order valence-electron chi connectivity index (χ3n) is 2.15. The second-order valence-electron chi connectivity index (χ2n) is 3.71. The van der Waals surface area contributed by atoms with Gasteiger partial charge in [0.25, 0.3) is 0 Å². The van der Waals surface area contributed by atoms with Crippen LogP contribution in [0.3, 0.4) is 0 Å². The minimum Gasteiger partial charge on any atom is -0.383 e. The van der Waals surface area contributed by atoms with Gasteiger partial charge >= 0.3 is 6.18 Å². The SMILES string of the molecule is COCC(Br)CN(C)c1ccc(C(F)(F)F)nn1. The van der Waals surface area contributed by atoms with E-state index in [2.05, 4.69) is 26.1 Å². The zero-order valence-electron chi connectivity index (χ0n) is 9.91. The van der Waals surface area contributed by atoms with Gasteiger partial charge in [-0.2, -0.15) is 13.2 Å². The summed E-state index contributed by atoms with van der Waals surface area (Å²) < 4.78 is 41.8. The largest absolute Gasteiger partial charge is 0.435 e. The van der Waals surface area contributed by atoms with Gasteiger partial charge in [-0.15, -0.1) is 10.2 Å². The molecule has 0 spiro atoms. The maximum absolute atomic E-state index is 12.3. The highest BCUT2D eigenvalue weighted by molar-refractivity contribution is 9.09. The Morgan fingerprint density at radius 3 is 2.50 bits per heavy atom. The van der Waals surface area contributed by atoms with Crippen LogP contribution in [0.4, 0.5) is 19.0 Å². The Morgan fingerprint density at radius 2 is 2.06 bits per heavy atom. The summed E-state index contributed by atoms with van der Waals surface area (Å²) in [6, 6.07) is 2.21. The number of anilines is 1. The van der Waals surface area contributed by atoms with Crippen molar-refractivity contribution in [3.8, 4) is 0 Å². The van der Waals surface area contributed by atoms with Crippen LogP contribution in [-0.2, 0) is 10.9 Å². The minimum atomic E-state index is -4.46. The fraction of sp³-hybridized carbons (Fsp3) is 0.600. The number of rotatable bonds is 5. The van der Waals surface area contributed by atoms with E-state index in [0.717, 1.165) is 6.07 Å². The van der Waals surface area contributed by atoms with E-state index in [-0.39, 0.29) is 4.83 Å². The fourth-order valence-corrected chi connectivity index (χ4v) is 2.00. The van der Waals surface area contributed by atoms with Crippen molar-refractivity contribution in [1.82, 2.24) is 10.2 Å². The van der Waals surface area contributed by atoms with Crippen molar-refractivity contribution in [3.05, 3.63) is 17.8 Å². The van der Waals surface area contributed by atoms with Gasteiger partial charge in [0.2, 0.25) is 0 Å². The molecule has 0 N–H and O–H groups in total. The molecule has 1 heterocycles. The molecule has 0 saturated heterocycles. The lowest BCUT2D eigenvalue weighted by atomic mass is 10.3. The average Bonchev–Trinajstić information content (AvgIpc) is 2.28. The molecule has 0 fully saturated rings. The van der Waals surface area contributed by atoms with Crippen molar-refractivity contribution >= 4 is 21.7 Å². The fourth-order valence-electron chi connectivity index (χ4n) is 1.30. The molecule has 4 nitrogen and oxygen atoms in total. The Balaban J connectivity index is 2.67. The first kappa shape index (κ1) is 15.2. The van der Waals surface area contributed by atoms with E-state index in [0.29, 0.717) is 19.0 Å². The monoisotopic (exact) mass is 327 g/mol. The first-order valence-corrected chi connectivity index (χ1v) is 6.01. The molecule has 0 aliphatic carbocycles. The molecule has 0 aromatic carbocycles. The number of aromatic nitrogens is 2. The molecule has 0 amide bonds. The first-order chi connectivity index (χ1) is 8.34. The third-order valence-corrected chi connectivity index (χ3v) is 2.71. The highest BCUT2D eigenvalue weighted by Crippen LogP contribution is 2.27. The Morgan fingerprint density at radius 1 is 1.39 bits per heavy atom. The van der Waals surface area contributed by atoms with Crippen molar-refractivity contribution in [2.45, 2.75) is 11.0 Å². The molecule has 0 radical (unpaired) electrons. The predicted molar refractivity (Wildman–Crippen MR) is 64.9 cm³/mol. The average molecular weight is 328 g/mol. The van der Waals surface area contributed by atoms with E-state index in [4.69, 9.17) is 4.74 Å². The maximum Gasteiger partial charge on any atom is 0.435 e. The summed E-state index contributed by atoms with van der Waals surface area (Å²) >= 11 is 3.39. The standard InChI is InChI=1S/C10H13BrF3N3O/c1-17(5-7(11)6-18-2)9-4-3-8(15-16-9)10(12,13)14/h3-4,7H,5-6H2,1-2H3. The first-order valence-electron chi connectivity index (χ1n) is 5.09. The summed E-state index contributed by atoms with van der Waals surface area (Å²) in [6.07, 6.45) is -4.46. The number of ether oxygens (including phenoxy) is 1. The Kier molecular flexibility index (Phi) is 5.33. The van der Waals surface area contributed by atoms with E-state index in [1.165, 1.54) is 6.07 Å². The van der Waals surface area contributed by atoms with Crippen molar-refractivity contribution in [3.63, 3.8) is 0 Å². The summed E-state index contributed by atoms with van der Waals surface area (Å²) in [7, 11) is 3.30. The Labute approximate surface area is 111 Å². The van der Waals surface area contributed by atoms with E-state index in [1.807, 2.05) is 0 Å². The number of nitrogens with zero attached hydrogens (tertiary/aromatic N) is 3. The van der Waals surface area contributed by atoms with Crippen LogP contribution in [0, 0.1) is 0 Å². The van der Waals surface area contributed by atoms with Crippen LogP contribution in [0.1, 0.15) is 5.69 Å². The van der Waals surface area contributed by atoms with Crippen molar-refractivity contribution < 1.29 is 17.9 Å². The van der Waals surface area contributed by atoms with E-state index in [1.54, 1.807) is 19.1 Å². The molecule has 8 heteroatoms. The van der Waals surface area contributed by atoms with Gasteiger partial charge in [-0.05, 0) is 12.1 Å². The van der Waals surface area contributed by atoms with Gasteiger partial charge in [-0.1, -0.05) is 15.9 Å². The quantitative estimate of drug-likeness (QED) is 0.778. The van der Waals surface area contributed by atoms with E-state index in [9.17, 15) is 13.2 Å². The lowest BCUT2D eigenvalue weighted by Crippen LogP contribution is -2.29. The van der Waals surface area contributed by atoms with E-state index < -0.39 is 11.9 Å². The lowest BCUT2D eigenvalue weighted by molar-refractivity contribution is -0.141. The van der Waals surface area contributed by atoms with E-state index >= 15 is 0 Å². The van der Waals surface area contributed by atoms with Crippen molar-refractivity contribution in [1.29, 1.82) is 0 Å². The molecular weight excluding hydrogens is 315 g/mol. The maximum atomic E-state index is 12.3. The summed E-state index contributed by atoms with van der Waals surface area (Å²) in [6.45, 7) is 1.05. The molecule has 0 saturated carbocycles. The summed E-state index contributed by atoms with van der Waals surface area (Å²) in [5.41, 5.74) is -0.994. The van der Waals surface area contributed by atoms with Crippen LogP contribution in [0.2, 0.25) is 0 Å². The van der Waals surface area contributed by atoms with Gasteiger partial charge in [0.1, 0.15) is 0 Å². The summed E-state index contributed by atoms with van der Waals surface area (Å²) in [5, 5.41) is 6.71. The number of alkyl halides is 4. The Hall–Kier alpha value is -0.890. The zero-order valence-corrected chi connectivity index (χ0v) is 11.5. The number of hydrogen-bond donors (Lipinski definition) is 0. The number of methoxy groups -OCH3 is 1. The normalized spacial score (nSPS) is 13.4. The summed E-state index contributed by atoms with van der Waals surface area (Å²) in [5.74, 6) is 0.378. The lowest BCUT2D eigenvalue weighted by Gasteiger charge is -2.20. The van der Waals surface area contributed by atoms with Crippen LogP contribution in [-0.4, -0.2) is 42.3 Å². The van der Waals surface area contributed by atoms with Gasteiger partial charge in [0.15, 0.2) is 11.5 Å². The number of hydrogen-bond acceptors (Lipinski definition) is 4. The van der Waals surface area contributed by atoms with Gasteiger partial charge in [-0.25, -0.2) is 0 Å².